The van der Waals surface area contributed by atoms with E-state index in [2.05, 4.69) is 36.1 Å². The topological polar surface area (TPSA) is 83.2 Å². The van der Waals surface area contributed by atoms with Crippen LogP contribution in [0.1, 0.15) is 18.7 Å². The molecule has 2 aromatic rings. The van der Waals surface area contributed by atoms with Gasteiger partial charge in [0.15, 0.2) is 11.8 Å². The van der Waals surface area contributed by atoms with Gasteiger partial charge in [0.25, 0.3) is 0 Å². The van der Waals surface area contributed by atoms with E-state index in [1.165, 1.54) is 12.8 Å². The molecule has 1 aliphatic carbocycles. The quantitative estimate of drug-likeness (QED) is 0.654. The number of H-pyrrole nitrogens is 1. The highest BCUT2D eigenvalue weighted by molar-refractivity contribution is 9.10. The van der Waals surface area contributed by atoms with Crippen molar-refractivity contribution < 1.29 is 0 Å². The molecule has 6 nitrogen and oxygen atoms in total. The van der Waals surface area contributed by atoms with Crippen LogP contribution in [0.15, 0.2) is 33.7 Å². The molecule has 1 aliphatic rings. The fourth-order valence-corrected chi connectivity index (χ4v) is 2.27. The highest BCUT2D eigenvalue weighted by Crippen LogP contribution is 2.25. The fourth-order valence-electron chi connectivity index (χ4n) is 2.01. The summed E-state index contributed by atoms with van der Waals surface area (Å²) in [5.74, 6) is 1.93. The van der Waals surface area contributed by atoms with Crippen LogP contribution in [0.5, 0.6) is 0 Å². The third-order valence-electron chi connectivity index (χ3n) is 3.48. The second-order valence-corrected chi connectivity index (χ2v) is 6.04. The average Bonchev–Trinajstić information content (AvgIpc) is 3.23. The van der Waals surface area contributed by atoms with Gasteiger partial charge in [0.2, 0.25) is 0 Å². The summed E-state index contributed by atoms with van der Waals surface area (Å²) in [5.41, 5.74) is 6.91. The Kier molecular flexibility index (Phi) is 3.92. The Morgan fingerprint density at radius 3 is 2.81 bits per heavy atom. The molecular formula is C14H17BrN6. The zero-order valence-corrected chi connectivity index (χ0v) is 13.3. The SMILES string of the molecule is CN(C(N)=NCc1nc(-c2ccc(Br)cc2)n[nH]1)C1CC1. The molecule has 0 amide bonds. The summed E-state index contributed by atoms with van der Waals surface area (Å²) in [6, 6.07) is 8.42. The normalized spacial score (nSPS) is 15.2. The molecule has 3 rings (SSSR count). The molecule has 0 unspecified atom stereocenters. The molecule has 7 heteroatoms. The molecule has 0 saturated heterocycles. The van der Waals surface area contributed by atoms with Gasteiger partial charge in [-0.3, -0.25) is 5.10 Å². The summed E-state index contributed by atoms with van der Waals surface area (Å²) >= 11 is 3.41. The zero-order valence-electron chi connectivity index (χ0n) is 11.8. The van der Waals surface area contributed by atoms with Gasteiger partial charge in [-0.05, 0) is 25.0 Å². The zero-order chi connectivity index (χ0) is 14.8. The molecule has 110 valence electrons. The van der Waals surface area contributed by atoms with E-state index in [1.807, 2.05) is 36.2 Å². The summed E-state index contributed by atoms with van der Waals surface area (Å²) in [4.78, 5) is 10.8. The van der Waals surface area contributed by atoms with Gasteiger partial charge in [-0.25, -0.2) is 9.98 Å². The third-order valence-corrected chi connectivity index (χ3v) is 4.01. The molecule has 1 heterocycles. The molecule has 0 bridgehead atoms. The van der Waals surface area contributed by atoms with Gasteiger partial charge < -0.3 is 10.6 Å². The van der Waals surface area contributed by atoms with Crippen LogP contribution < -0.4 is 5.73 Å². The minimum absolute atomic E-state index is 0.409. The van der Waals surface area contributed by atoms with Crippen molar-refractivity contribution in [1.29, 1.82) is 0 Å². The van der Waals surface area contributed by atoms with Crippen molar-refractivity contribution in [3.05, 3.63) is 34.6 Å². The van der Waals surface area contributed by atoms with Crippen LogP contribution in [0.3, 0.4) is 0 Å². The van der Waals surface area contributed by atoms with E-state index in [-0.39, 0.29) is 0 Å². The van der Waals surface area contributed by atoms with Crippen molar-refractivity contribution in [1.82, 2.24) is 20.1 Å². The summed E-state index contributed by atoms with van der Waals surface area (Å²) in [7, 11) is 1.98. The van der Waals surface area contributed by atoms with Crippen molar-refractivity contribution in [2.75, 3.05) is 7.05 Å². The Labute approximate surface area is 131 Å². The minimum Gasteiger partial charge on any atom is -0.370 e. The largest absolute Gasteiger partial charge is 0.370 e. The standard InChI is InChI=1S/C14H17BrN6/c1-21(11-6-7-11)14(16)17-8-12-18-13(20-19-12)9-2-4-10(15)5-3-9/h2-5,11H,6-8H2,1H3,(H2,16,17)(H,18,19,20). The Balaban J connectivity index is 1.67. The second-order valence-electron chi connectivity index (χ2n) is 5.13. The van der Waals surface area contributed by atoms with Gasteiger partial charge >= 0.3 is 0 Å². The van der Waals surface area contributed by atoms with Crippen molar-refractivity contribution in [2.45, 2.75) is 25.4 Å². The van der Waals surface area contributed by atoms with E-state index in [0.29, 0.717) is 30.2 Å². The number of nitrogens with two attached hydrogens (primary N) is 1. The maximum absolute atomic E-state index is 5.95. The highest BCUT2D eigenvalue weighted by Gasteiger charge is 2.27. The first-order valence-corrected chi connectivity index (χ1v) is 7.63. The number of nitrogens with one attached hydrogen (secondary N) is 1. The van der Waals surface area contributed by atoms with Crippen LogP contribution in [-0.4, -0.2) is 39.1 Å². The second kappa shape index (κ2) is 5.85. The monoisotopic (exact) mass is 348 g/mol. The molecule has 0 atom stereocenters. The number of aromatic amines is 1. The number of benzene rings is 1. The average molecular weight is 349 g/mol. The first-order valence-electron chi connectivity index (χ1n) is 6.83. The van der Waals surface area contributed by atoms with Crippen molar-refractivity contribution in [3.63, 3.8) is 0 Å². The molecule has 1 aromatic carbocycles. The van der Waals surface area contributed by atoms with Crippen molar-refractivity contribution in [3.8, 4) is 11.4 Å². The van der Waals surface area contributed by atoms with Crippen molar-refractivity contribution in [2.24, 2.45) is 10.7 Å². The lowest BCUT2D eigenvalue weighted by molar-refractivity contribution is 0.487. The van der Waals surface area contributed by atoms with E-state index >= 15 is 0 Å². The molecule has 0 radical (unpaired) electrons. The number of nitrogens with zero attached hydrogens (tertiary/aromatic N) is 4. The molecule has 1 aromatic heterocycles. The molecule has 1 fully saturated rings. The third kappa shape index (κ3) is 3.41. The first-order chi connectivity index (χ1) is 10.1. The van der Waals surface area contributed by atoms with Crippen LogP contribution in [0.25, 0.3) is 11.4 Å². The molecular weight excluding hydrogens is 332 g/mol. The van der Waals surface area contributed by atoms with E-state index in [4.69, 9.17) is 5.73 Å². The number of aromatic nitrogens is 3. The summed E-state index contributed by atoms with van der Waals surface area (Å²) < 4.78 is 1.03. The Hall–Kier alpha value is -1.89. The van der Waals surface area contributed by atoms with Crippen LogP contribution in [0, 0.1) is 0 Å². The van der Waals surface area contributed by atoms with Gasteiger partial charge in [-0.2, -0.15) is 5.10 Å². The maximum atomic E-state index is 5.95. The summed E-state index contributed by atoms with van der Waals surface area (Å²) in [6.07, 6.45) is 2.39. The van der Waals surface area contributed by atoms with E-state index in [9.17, 15) is 0 Å². The molecule has 1 saturated carbocycles. The number of rotatable bonds is 4. The Morgan fingerprint density at radius 2 is 2.14 bits per heavy atom. The van der Waals surface area contributed by atoms with Gasteiger partial charge in [-0.1, -0.05) is 28.1 Å². The predicted octanol–water partition coefficient (Wildman–Crippen LogP) is 2.14. The number of halogens is 1. The summed E-state index contributed by atoms with van der Waals surface area (Å²) in [5, 5.41) is 7.12. The van der Waals surface area contributed by atoms with Gasteiger partial charge in [0, 0.05) is 23.1 Å². The smallest absolute Gasteiger partial charge is 0.191 e. The van der Waals surface area contributed by atoms with Crippen molar-refractivity contribution >= 4 is 21.9 Å². The van der Waals surface area contributed by atoms with Crippen LogP contribution in [0.4, 0.5) is 0 Å². The lowest BCUT2D eigenvalue weighted by atomic mass is 10.2. The van der Waals surface area contributed by atoms with Crippen LogP contribution in [0.2, 0.25) is 0 Å². The first kappa shape index (κ1) is 14.1. The predicted molar refractivity (Wildman–Crippen MR) is 85.6 cm³/mol. The molecule has 21 heavy (non-hydrogen) atoms. The highest BCUT2D eigenvalue weighted by atomic mass is 79.9. The molecule has 0 aliphatic heterocycles. The summed E-state index contributed by atoms with van der Waals surface area (Å²) in [6.45, 7) is 0.409. The number of hydrogen-bond donors (Lipinski definition) is 2. The fraction of sp³-hybridized carbons (Fsp3) is 0.357. The van der Waals surface area contributed by atoms with Gasteiger partial charge in [-0.15, -0.1) is 0 Å². The minimum atomic E-state index is 0.409. The number of guanidine groups is 1. The lowest BCUT2D eigenvalue weighted by Crippen LogP contribution is -2.35. The van der Waals surface area contributed by atoms with Crippen LogP contribution >= 0.6 is 15.9 Å². The lowest BCUT2D eigenvalue weighted by Gasteiger charge is -2.16. The molecule has 3 N–H and O–H groups in total. The Bertz CT molecular complexity index is 644. The van der Waals surface area contributed by atoms with E-state index in [0.717, 1.165) is 10.0 Å². The maximum Gasteiger partial charge on any atom is 0.191 e. The number of hydrogen-bond acceptors (Lipinski definition) is 3. The van der Waals surface area contributed by atoms with E-state index in [1.54, 1.807) is 0 Å². The van der Waals surface area contributed by atoms with Gasteiger partial charge in [0.05, 0.1) is 0 Å². The van der Waals surface area contributed by atoms with Gasteiger partial charge in [0.1, 0.15) is 12.4 Å². The number of aliphatic imine (C=N–C) groups is 1. The van der Waals surface area contributed by atoms with Crippen LogP contribution in [-0.2, 0) is 6.54 Å². The van der Waals surface area contributed by atoms with E-state index < -0.39 is 0 Å². The molecule has 0 spiro atoms. The Morgan fingerprint density at radius 1 is 1.43 bits per heavy atom.